The highest BCUT2D eigenvalue weighted by atomic mass is 32.2. The summed E-state index contributed by atoms with van der Waals surface area (Å²) >= 11 is 0. The number of carbonyl (C=O) groups excluding carboxylic acids is 2. The fourth-order valence-corrected chi connectivity index (χ4v) is 3.60. The molecule has 1 heterocycles. The predicted octanol–water partition coefficient (Wildman–Crippen LogP) is 0.116. The van der Waals surface area contributed by atoms with Crippen LogP contribution in [-0.2, 0) is 24.3 Å². The standard InChI is InChI=1S/C13H24N2O5S/c1-13(2,8-11(16)20-3)12(17)14-9-10-6-5-7-15(10)21(4,18)19/h10H,5-9H2,1-4H3,(H,14,17)/t10-/m1/s1. The first-order chi connectivity index (χ1) is 9.58. The summed E-state index contributed by atoms with van der Waals surface area (Å²) in [5.41, 5.74) is -0.887. The van der Waals surface area contributed by atoms with Crippen molar-refractivity contribution >= 4 is 21.9 Å². The summed E-state index contributed by atoms with van der Waals surface area (Å²) in [5, 5.41) is 2.74. The molecule has 0 aromatic carbocycles. The highest BCUT2D eigenvalue weighted by Gasteiger charge is 2.34. The van der Waals surface area contributed by atoms with Gasteiger partial charge in [0.1, 0.15) is 0 Å². The Hall–Kier alpha value is -1.15. The van der Waals surface area contributed by atoms with Gasteiger partial charge in [-0.25, -0.2) is 8.42 Å². The van der Waals surface area contributed by atoms with Crippen LogP contribution >= 0.6 is 0 Å². The average Bonchev–Trinajstić information content (AvgIpc) is 2.83. The summed E-state index contributed by atoms with van der Waals surface area (Å²) in [7, 11) is -1.97. The Morgan fingerprint density at radius 1 is 1.38 bits per heavy atom. The van der Waals surface area contributed by atoms with Crippen LogP contribution in [0.15, 0.2) is 0 Å². The number of esters is 1. The molecule has 0 aliphatic carbocycles. The van der Waals surface area contributed by atoms with Gasteiger partial charge < -0.3 is 10.1 Å². The molecule has 0 radical (unpaired) electrons. The van der Waals surface area contributed by atoms with Crippen molar-refractivity contribution in [3.05, 3.63) is 0 Å². The minimum atomic E-state index is -3.25. The van der Waals surface area contributed by atoms with Crippen molar-refractivity contribution < 1.29 is 22.7 Å². The lowest BCUT2D eigenvalue weighted by atomic mass is 9.88. The lowest BCUT2D eigenvalue weighted by Crippen LogP contribution is -2.46. The minimum absolute atomic E-state index is 0.0181. The largest absolute Gasteiger partial charge is 0.469 e. The van der Waals surface area contributed by atoms with Crippen LogP contribution in [0.5, 0.6) is 0 Å². The van der Waals surface area contributed by atoms with E-state index >= 15 is 0 Å². The number of ether oxygens (including phenoxy) is 1. The molecule has 1 fully saturated rings. The summed E-state index contributed by atoms with van der Waals surface area (Å²) in [4.78, 5) is 23.4. The van der Waals surface area contributed by atoms with Crippen molar-refractivity contribution in [3.8, 4) is 0 Å². The van der Waals surface area contributed by atoms with Gasteiger partial charge in [-0.2, -0.15) is 4.31 Å². The van der Waals surface area contributed by atoms with Crippen LogP contribution in [0.2, 0.25) is 0 Å². The summed E-state index contributed by atoms with van der Waals surface area (Å²) < 4.78 is 29.2. The van der Waals surface area contributed by atoms with Crippen LogP contribution in [0.1, 0.15) is 33.1 Å². The maximum atomic E-state index is 12.1. The van der Waals surface area contributed by atoms with Crippen LogP contribution in [0.25, 0.3) is 0 Å². The fourth-order valence-electron chi connectivity index (χ4n) is 2.41. The molecule has 8 heteroatoms. The first-order valence-electron chi connectivity index (χ1n) is 6.90. The van der Waals surface area contributed by atoms with E-state index in [2.05, 4.69) is 10.1 Å². The molecule has 7 nitrogen and oxygen atoms in total. The fraction of sp³-hybridized carbons (Fsp3) is 0.846. The quantitative estimate of drug-likeness (QED) is 0.702. The van der Waals surface area contributed by atoms with Crippen LogP contribution in [0, 0.1) is 5.41 Å². The zero-order chi connectivity index (χ0) is 16.3. The molecule has 1 atom stereocenters. The number of hydrogen-bond donors (Lipinski definition) is 1. The first-order valence-corrected chi connectivity index (χ1v) is 8.74. The van der Waals surface area contributed by atoms with Gasteiger partial charge in [0.05, 0.1) is 25.2 Å². The lowest BCUT2D eigenvalue weighted by molar-refractivity contribution is -0.146. The average molecular weight is 320 g/mol. The van der Waals surface area contributed by atoms with Crippen molar-refractivity contribution in [1.29, 1.82) is 0 Å². The Morgan fingerprint density at radius 2 is 2.00 bits per heavy atom. The normalized spacial score (nSPS) is 20.3. The molecule has 1 aliphatic rings. The number of amides is 1. The molecule has 0 unspecified atom stereocenters. The second kappa shape index (κ2) is 6.74. The molecule has 1 rings (SSSR count). The molecule has 1 N–H and O–H groups in total. The van der Waals surface area contributed by atoms with Gasteiger partial charge in [-0.3, -0.25) is 9.59 Å². The third-order valence-electron chi connectivity index (χ3n) is 3.68. The molecule has 0 aromatic rings. The molecule has 1 aliphatic heterocycles. The number of rotatable bonds is 6. The Kier molecular flexibility index (Phi) is 5.75. The Labute approximate surface area is 126 Å². The Bertz CT molecular complexity index is 501. The second-order valence-electron chi connectivity index (χ2n) is 6.02. The van der Waals surface area contributed by atoms with Gasteiger partial charge in [0.25, 0.3) is 0 Å². The summed E-state index contributed by atoms with van der Waals surface area (Å²) in [5.74, 6) is -0.734. The van der Waals surface area contributed by atoms with E-state index in [0.717, 1.165) is 12.8 Å². The van der Waals surface area contributed by atoms with Crippen molar-refractivity contribution in [1.82, 2.24) is 9.62 Å². The van der Waals surface area contributed by atoms with Gasteiger partial charge >= 0.3 is 5.97 Å². The molecule has 0 aromatic heterocycles. The molecule has 21 heavy (non-hydrogen) atoms. The Morgan fingerprint density at radius 3 is 2.52 bits per heavy atom. The molecule has 1 amide bonds. The molecule has 0 bridgehead atoms. The molecular formula is C13H24N2O5S. The monoisotopic (exact) mass is 320 g/mol. The molecule has 0 spiro atoms. The van der Waals surface area contributed by atoms with Crippen LogP contribution in [-0.4, -0.2) is 57.1 Å². The number of hydrogen-bond acceptors (Lipinski definition) is 5. The predicted molar refractivity (Wildman–Crippen MR) is 78.0 cm³/mol. The summed E-state index contributed by atoms with van der Waals surface area (Å²) in [6.07, 6.45) is 2.67. The van der Waals surface area contributed by atoms with Crippen molar-refractivity contribution in [2.45, 2.75) is 39.2 Å². The van der Waals surface area contributed by atoms with Crippen molar-refractivity contribution in [3.63, 3.8) is 0 Å². The Balaban J connectivity index is 2.58. The minimum Gasteiger partial charge on any atom is -0.469 e. The zero-order valence-corrected chi connectivity index (χ0v) is 13.8. The third kappa shape index (κ3) is 4.96. The number of carbonyl (C=O) groups is 2. The van der Waals surface area contributed by atoms with Gasteiger partial charge in [0.15, 0.2) is 0 Å². The van der Waals surface area contributed by atoms with Crippen molar-refractivity contribution in [2.24, 2.45) is 5.41 Å². The SMILES string of the molecule is COC(=O)CC(C)(C)C(=O)NC[C@H]1CCCN1S(C)(=O)=O. The summed E-state index contributed by atoms with van der Waals surface area (Å²) in [6.45, 7) is 4.06. The van der Waals surface area contributed by atoms with E-state index in [0.29, 0.717) is 6.54 Å². The van der Waals surface area contributed by atoms with E-state index in [1.54, 1.807) is 13.8 Å². The first kappa shape index (κ1) is 17.9. The maximum Gasteiger partial charge on any atom is 0.306 e. The number of methoxy groups -OCH3 is 1. The highest BCUT2D eigenvalue weighted by Crippen LogP contribution is 2.23. The highest BCUT2D eigenvalue weighted by molar-refractivity contribution is 7.88. The molecule has 0 saturated carbocycles. The van der Waals surface area contributed by atoms with Gasteiger partial charge in [0, 0.05) is 19.1 Å². The van der Waals surface area contributed by atoms with E-state index in [-0.39, 0.29) is 24.9 Å². The van der Waals surface area contributed by atoms with Crippen LogP contribution in [0.3, 0.4) is 0 Å². The van der Waals surface area contributed by atoms with E-state index < -0.39 is 21.4 Å². The van der Waals surface area contributed by atoms with Gasteiger partial charge in [-0.1, -0.05) is 13.8 Å². The maximum absolute atomic E-state index is 12.1. The third-order valence-corrected chi connectivity index (χ3v) is 5.01. The van der Waals surface area contributed by atoms with Gasteiger partial charge in [-0.05, 0) is 12.8 Å². The smallest absolute Gasteiger partial charge is 0.306 e. The van der Waals surface area contributed by atoms with Crippen LogP contribution < -0.4 is 5.32 Å². The van der Waals surface area contributed by atoms with E-state index in [1.165, 1.54) is 17.7 Å². The van der Waals surface area contributed by atoms with Gasteiger partial charge in [0.2, 0.25) is 15.9 Å². The zero-order valence-electron chi connectivity index (χ0n) is 13.0. The molecule has 1 saturated heterocycles. The second-order valence-corrected chi connectivity index (χ2v) is 7.95. The summed E-state index contributed by atoms with van der Waals surface area (Å²) in [6, 6.07) is -0.210. The number of nitrogens with zero attached hydrogens (tertiary/aromatic N) is 1. The van der Waals surface area contributed by atoms with Crippen LogP contribution in [0.4, 0.5) is 0 Å². The topological polar surface area (TPSA) is 92.8 Å². The number of nitrogens with one attached hydrogen (secondary N) is 1. The molecular weight excluding hydrogens is 296 g/mol. The molecule has 122 valence electrons. The number of sulfonamides is 1. The van der Waals surface area contributed by atoms with E-state index in [1.807, 2.05) is 0 Å². The van der Waals surface area contributed by atoms with E-state index in [9.17, 15) is 18.0 Å². The van der Waals surface area contributed by atoms with Gasteiger partial charge in [-0.15, -0.1) is 0 Å². The lowest BCUT2D eigenvalue weighted by Gasteiger charge is -2.26. The van der Waals surface area contributed by atoms with Crippen molar-refractivity contribution in [2.75, 3.05) is 26.5 Å². The van der Waals surface area contributed by atoms with E-state index in [4.69, 9.17) is 0 Å².